The zero-order chi connectivity index (χ0) is 17.5. The number of nitrogens with one attached hydrogen (secondary N) is 2. The lowest BCUT2D eigenvalue weighted by molar-refractivity contribution is -0.157. The van der Waals surface area contributed by atoms with Crippen LogP contribution in [0.4, 0.5) is 13.2 Å². The van der Waals surface area contributed by atoms with Crippen molar-refractivity contribution in [1.82, 2.24) is 15.5 Å². The highest BCUT2D eigenvalue weighted by Gasteiger charge is 2.31. The van der Waals surface area contributed by atoms with Gasteiger partial charge in [-0.3, -0.25) is 9.79 Å². The van der Waals surface area contributed by atoms with Crippen molar-refractivity contribution in [3.63, 3.8) is 0 Å². The molecule has 1 aromatic carbocycles. The molecule has 0 fully saturated rings. The topological polar surface area (TPSA) is 56.7 Å². The summed E-state index contributed by atoms with van der Waals surface area (Å²) in [5.74, 6) is -0.401. The Morgan fingerprint density at radius 2 is 1.92 bits per heavy atom. The molecule has 1 aromatic rings. The molecule has 1 rings (SSSR count). The first kappa shape index (κ1) is 22.8. The van der Waals surface area contributed by atoms with Gasteiger partial charge in [-0.2, -0.15) is 13.2 Å². The second-order valence-electron chi connectivity index (χ2n) is 4.74. The molecule has 0 saturated heterocycles. The van der Waals surface area contributed by atoms with E-state index in [-0.39, 0.29) is 30.5 Å². The van der Waals surface area contributed by atoms with Gasteiger partial charge in [-0.05, 0) is 11.6 Å². The highest BCUT2D eigenvalue weighted by atomic mass is 127. The molecule has 0 aliphatic heterocycles. The first-order chi connectivity index (χ1) is 10.7. The molecule has 0 aromatic heterocycles. The molecule has 0 heterocycles. The Kier molecular flexibility index (Phi) is 10.1. The largest absolute Gasteiger partial charge is 0.406 e. The van der Waals surface area contributed by atoms with Gasteiger partial charge in [0.15, 0.2) is 5.96 Å². The van der Waals surface area contributed by atoms with E-state index in [2.05, 4.69) is 15.6 Å². The summed E-state index contributed by atoms with van der Waals surface area (Å²) in [5, 5.41) is 6.17. The summed E-state index contributed by atoms with van der Waals surface area (Å²) < 4.78 is 36.6. The summed E-state index contributed by atoms with van der Waals surface area (Å²) in [6, 6.07) is 7.19. The number of benzene rings is 1. The van der Waals surface area contributed by atoms with Gasteiger partial charge in [0.05, 0.1) is 6.54 Å². The number of amides is 1. The monoisotopic (exact) mass is 478 g/mol. The van der Waals surface area contributed by atoms with Crippen LogP contribution in [0.5, 0.6) is 0 Å². The van der Waals surface area contributed by atoms with Crippen molar-refractivity contribution >= 4 is 47.4 Å². The van der Waals surface area contributed by atoms with Gasteiger partial charge in [0.1, 0.15) is 6.54 Å². The van der Waals surface area contributed by atoms with Crippen molar-refractivity contribution in [3.05, 3.63) is 34.9 Å². The molecule has 10 heteroatoms. The van der Waals surface area contributed by atoms with E-state index in [1.54, 1.807) is 12.1 Å². The number of aliphatic imine (C=N–C) groups is 1. The first-order valence-corrected chi connectivity index (χ1v) is 7.09. The van der Waals surface area contributed by atoms with E-state index < -0.39 is 18.6 Å². The molecule has 2 N–H and O–H groups in total. The number of rotatable bonds is 5. The Balaban J connectivity index is 0.00000529. The van der Waals surface area contributed by atoms with Gasteiger partial charge in [-0.15, -0.1) is 24.0 Å². The van der Waals surface area contributed by atoms with Gasteiger partial charge in [0, 0.05) is 25.7 Å². The summed E-state index contributed by atoms with van der Waals surface area (Å²) in [7, 11) is 2.59. The third-order valence-corrected chi connectivity index (χ3v) is 3.25. The zero-order valence-corrected chi connectivity index (χ0v) is 16.2. The fourth-order valence-corrected chi connectivity index (χ4v) is 1.90. The number of halogens is 5. The van der Waals surface area contributed by atoms with Crippen LogP contribution < -0.4 is 10.6 Å². The minimum atomic E-state index is -4.42. The molecule has 0 bridgehead atoms. The van der Waals surface area contributed by atoms with Crippen LogP contribution >= 0.6 is 35.6 Å². The molecule has 0 radical (unpaired) electrons. The van der Waals surface area contributed by atoms with Crippen molar-refractivity contribution < 1.29 is 18.0 Å². The van der Waals surface area contributed by atoms with Crippen LogP contribution in [0.1, 0.15) is 5.56 Å². The molecule has 0 spiro atoms. The summed E-state index contributed by atoms with van der Waals surface area (Å²) >= 11 is 6.01. The molecule has 0 aliphatic rings. The average molecular weight is 479 g/mol. The maximum atomic E-state index is 12.2. The Hall–Kier alpha value is -1.23. The average Bonchev–Trinajstić information content (AvgIpc) is 2.47. The Bertz CT molecular complexity index is 569. The van der Waals surface area contributed by atoms with Gasteiger partial charge in [0.25, 0.3) is 0 Å². The number of hydrogen-bond acceptors (Lipinski definition) is 2. The minimum Gasteiger partial charge on any atom is -0.352 e. The number of carbonyl (C=O) groups is 1. The van der Waals surface area contributed by atoms with Crippen LogP contribution in [0, 0.1) is 0 Å². The smallest absolute Gasteiger partial charge is 0.352 e. The molecular formula is C14H19ClF3IN4O. The second kappa shape index (κ2) is 10.6. The lowest BCUT2D eigenvalue weighted by Gasteiger charge is -2.20. The van der Waals surface area contributed by atoms with Crippen molar-refractivity contribution in [3.8, 4) is 0 Å². The number of hydrogen-bond donors (Lipinski definition) is 2. The third-order valence-electron chi connectivity index (χ3n) is 2.88. The fraction of sp³-hybridized carbons (Fsp3) is 0.429. The normalized spacial score (nSPS) is 11.5. The maximum Gasteiger partial charge on any atom is 0.406 e. The highest BCUT2D eigenvalue weighted by molar-refractivity contribution is 14.0. The lowest BCUT2D eigenvalue weighted by atomic mass is 10.2. The number of nitrogens with zero attached hydrogens (tertiary/aromatic N) is 2. The lowest BCUT2D eigenvalue weighted by Crippen LogP contribution is -2.45. The van der Waals surface area contributed by atoms with Crippen LogP contribution in [0.25, 0.3) is 0 Å². The molecule has 5 nitrogen and oxygen atoms in total. The fourth-order valence-electron chi connectivity index (χ4n) is 1.69. The molecule has 0 aliphatic carbocycles. The Morgan fingerprint density at radius 3 is 2.46 bits per heavy atom. The predicted octanol–water partition coefficient (Wildman–Crippen LogP) is 2.64. The van der Waals surface area contributed by atoms with Gasteiger partial charge >= 0.3 is 6.18 Å². The van der Waals surface area contributed by atoms with E-state index in [9.17, 15) is 18.0 Å². The minimum absolute atomic E-state index is 0. The van der Waals surface area contributed by atoms with Crippen LogP contribution in [0.2, 0.25) is 5.02 Å². The van der Waals surface area contributed by atoms with Crippen molar-refractivity contribution in [2.75, 3.05) is 27.2 Å². The number of carbonyl (C=O) groups excluding carboxylic acids is 1. The van der Waals surface area contributed by atoms with Crippen molar-refractivity contribution in [2.24, 2.45) is 4.99 Å². The predicted molar refractivity (Wildman–Crippen MR) is 98.8 cm³/mol. The summed E-state index contributed by atoms with van der Waals surface area (Å²) in [6.45, 7) is -1.22. The molecule has 24 heavy (non-hydrogen) atoms. The molecule has 0 saturated carbocycles. The number of likely N-dealkylation sites (N-methyl/N-ethyl adjacent to an activating group) is 1. The first-order valence-electron chi connectivity index (χ1n) is 6.71. The molecule has 0 unspecified atom stereocenters. The summed E-state index contributed by atoms with van der Waals surface area (Å²) in [4.78, 5) is 16.1. The SMILES string of the molecule is CN=C(NCC(=O)N(C)CC(F)(F)F)NCc1ccccc1Cl.I. The van der Waals surface area contributed by atoms with Gasteiger partial charge in [0.2, 0.25) is 5.91 Å². The van der Waals surface area contributed by atoms with Crippen LogP contribution in [0.3, 0.4) is 0 Å². The van der Waals surface area contributed by atoms with Crippen molar-refractivity contribution in [1.29, 1.82) is 0 Å². The molecule has 1 amide bonds. The van der Waals surface area contributed by atoms with E-state index in [0.717, 1.165) is 12.6 Å². The highest BCUT2D eigenvalue weighted by Crippen LogP contribution is 2.15. The quantitative estimate of drug-likeness (QED) is 0.389. The third kappa shape index (κ3) is 8.57. The van der Waals surface area contributed by atoms with E-state index in [1.807, 2.05) is 12.1 Å². The molecule has 0 atom stereocenters. The Labute approximate surface area is 160 Å². The molecule has 136 valence electrons. The van der Waals surface area contributed by atoms with Gasteiger partial charge in [-0.25, -0.2) is 0 Å². The van der Waals surface area contributed by atoms with Crippen LogP contribution in [-0.4, -0.2) is 50.1 Å². The van der Waals surface area contributed by atoms with Crippen molar-refractivity contribution in [2.45, 2.75) is 12.7 Å². The Morgan fingerprint density at radius 1 is 1.29 bits per heavy atom. The maximum absolute atomic E-state index is 12.2. The second-order valence-corrected chi connectivity index (χ2v) is 5.14. The summed E-state index contributed by atoms with van der Waals surface area (Å²) in [5.41, 5.74) is 0.831. The number of guanidine groups is 1. The van der Waals surface area contributed by atoms with E-state index in [4.69, 9.17) is 11.6 Å². The molecular weight excluding hydrogens is 460 g/mol. The van der Waals surface area contributed by atoms with E-state index in [1.165, 1.54) is 7.05 Å². The summed E-state index contributed by atoms with van der Waals surface area (Å²) in [6.07, 6.45) is -4.42. The van der Waals surface area contributed by atoms with Crippen LogP contribution in [0.15, 0.2) is 29.3 Å². The van der Waals surface area contributed by atoms with Gasteiger partial charge in [-0.1, -0.05) is 29.8 Å². The standard InChI is InChI=1S/C14H18ClF3N4O.HI/c1-19-13(20-7-10-5-3-4-6-11(10)15)21-8-12(23)22(2)9-14(16,17)18;/h3-6H,7-9H2,1-2H3,(H2,19,20,21);1H. The number of alkyl halides is 3. The van der Waals surface area contributed by atoms with E-state index >= 15 is 0 Å². The van der Waals surface area contributed by atoms with E-state index in [0.29, 0.717) is 22.4 Å². The van der Waals surface area contributed by atoms with Gasteiger partial charge < -0.3 is 15.5 Å². The zero-order valence-electron chi connectivity index (χ0n) is 13.2. The van der Waals surface area contributed by atoms with Crippen LogP contribution in [-0.2, 0) is 11.3 Å².